The third-order valence-corrected chi connectivity index (χ3v) is 7.38. The van der Waals surface area contributed by atoms with Gasteiger partial charge in [-0.3, -0.25) is 0 Å². The van der Waals surface area contributed by atoms with E-state index in [0.29, 0.717) is 30.2 Å². The molecule has 0 spiro atoms. The Kier molecular flexibility index (Phi) is 8.21. The number of nitrogens with two attached hydrogens (primary N) is 1. The molecule has 0 saturated carbocycles. The molecular formula is C33H31N5O4. The van der Waals surface area contributed by atoms with Gasteiger partial charge in [0.05, 0.1) is 32.1 Å². The summed E-state index contributed by atoms with van der Waals surface area (Å²) >= 11 is 0. The van der Waals surface area contributed by atoms with E-state index in [-0.39, 0.29) is 13.2 Å². The molecule has 5 aromatic rings. The Bertz CT molecular complexity index is 1640. The summed E-state index contributed by atoms with van der Waals surface area (Å²) in [5.74, 6) is 0.295. The van der Waals surface area contributed by atoms with Crippen molar-refractivity contribution in [3.63, 3.8) is 0 Å². The van der Waals surface area contributed by atoms with Gasteiger partial charge in [-0.15, -0.1) is 0 Å². The summed E-state index contributed by atoms with van der Waals surface area (Å²) in [5, 5.41) is 15.3. The largest absolute Gasteiger partial charge is 0.382 e. The molecule has 212 valence electrons. The maximum absolute atomic E-state index is 10.9. The van der Waals surface area contributed by atoms with E-state index in [1.165, 1.54) is 6.33 Å². The van der Waals surface area contributed by atoms with Crippen molar-refractivity contribution in [2.24, 2.45) is 0 Å². The molecule has 1 aliphatic heterocycles. The van der Waals surface area contributed by atoms with Gasteiger partial charge in [0, 0.05) is 0 Å². The first-order valence-electron chi connectivity index (χ1n) is 13.8. The van der Waals surface area contributed by atoms with Crippen molar-refractivity contribution in [2.75, 3.05) is 12.3 Å². The zero-order chi connectivity index (χ0) is 28.8. The standard InChI is InChI=1S/C33H31N5O4/c34-22-33(29-17-16-27-32(35)36-23-37-38(27)29)31(41-20-26-14-8-3-9-15-26)30(40-19-25-12-6-2-7-13-25)28(42-33)21-39-18-24-10-4-1-5-11-24/h1-17,23,28,30-31H,18-21H2,(H2,35,36,37)/t28-,30-,31-,33-/m1/s1. The number of aromatic nitrogens is 3. The second-order valence-corrected chi connectivity index (χ2v) is 10.1. The van der Waals surface area contributed by atoms with Crippen LogP contribution in [-0.2, 0) is 44.4 Å². The first kappa shape index (κ1) is 27.6. The number of benzene rings is 3. The first-order valence-corrected chi connectivity index (χ1v) is 13.8. The highest BCUT2D eigenvalue weighted by atomic mass is 16.6. The number of nitriles is 1. The minimum absolute atomic E-state index is 0.184. The van der Waals surface area contributed by atoms with Crippen LogP contribution < -0.4 is 5.73 Å². The van der Waals surface area contributed by atoms with Crippen LogP contribution in [0.15, 0.2) is 109 Å². The molecule has 0 amide bonds. The highest BCUT2D eigenvalue weighted by Crippen LogP contribution is 2.44. The second kappa shape index (κ2) is 12.5. The van der Waals surface area contributed by atoms with E-state index in [9.17, 15) is 5.26 Å². The molecule has 4 atom stereocenters. The van der Waals surface area contributed by atoms with Gasteiger partial charge in [-0.1, -0.05) is 91.0 Å². The van der Waals surface area contributed by atoms with E-state index in [2.05, 4.69) is 16.2 Å². The summed E-state index contributed by atoms with van der Waals surface area (Å²) in [4.78, 5) is 4.10. The van der Waals surface area contributed by atoms with Crippen molar-refractivity contribution in [3.05, 3.63) is 132 Å². The molecule has 2 aromatic heterocycles. The van der Waals surface area contributed by atoms with Crippen molar-refractivity contribution in [1.82, 2.24) is 14.6 Å². The Labute approximate surface area is 244 Å². The van der Waals surface area contributed by atoms with Gasteiger partial charge in [0.1, 0.15) is 36.2 Å². The molecule has 3 aromatic carbocycles. The molecular weight excluding hydrogens is 530 g/mol. The topological polar surface area (TPSA) is 117 Å². The van der Waals surface area contributed by atoms with Crippen LogP contribution in [0, 0.1) is 11.3 Å². The lowest BCUT2D eigenvalue weighted by Gasteiger charge is -2.29. The van der Waals surface area contributed by atoms with Crippen LogP contribution in [0.3, 0.4) is 0 Å². The van der Waals surface area contributed by atoms with Gasteiger partial charge in [0.15, 0.2) is 5.82 Å². The van der Waals surface area contributed by atoms with E-state index < -0.39 is 23.9 Å². The second-order valence-electron chi connectivity index (χ2n) is 10.1. The monoisotopic (exact) mass is 561 g/mol. The van der Waals surface area contributed by atoms with Gasteiger partial charge in [0.2, 0.25) is 5.60 Å². The number of nitrogens with zero attached hydrogens (tertiary/aromatic N) is 4. The molecule has 1 saturated heterocycles. The summed E-state index contributed by atoms with van der Waals surface area (Å²) in [7, 11) is 0. The van der Waals surface area contributed by atoms with Crippen LogP contribution in [0.4, 0.5) is 5.82 Å². The number of hydrogen-bond donors (Lipinski definition) is 1. The van der Waals surface area contributed by atoms with E-state index in [0.717, 1.165) is 16.7 Å². The lowest BCUT2D eigenvalue weighted by atomic mass is 9.92. The molecule has 9 nitrogen and oxygen atoms in total. The predicted octanol–water partition coefficient (Wildman–Crippen LogP) is 4.82. The molecule has 0 unspecified atom stereocenters. The number of rotatable bonds is 11. The van der Waals surface area contributed by atoms with Crippen LogP contribution in [0.2, 0.25) is 0 Å². The molecule has 6 rings (SSSR count). The van der Waals surface area contributed by atoms with Gasteiger partial charge >= 0.3 is 0 Å². The summed E-state index contributed by atoms with van der Waals surface area (Å²) in [6, 6.07) is 35.6. The predicted molar refractivity (Wildman–Crippen MR) is 156 cm³/mol. The number of nitrogen functional groups attached to an aromatic ring is 1. The number of fused-ring (bicyclic) bond motifs is 1. The Morgan fingerprint density at radius 3 is 2.02 bits per heavy atom. The number of anilines is 1. The lowest BCUT2D eigenvalue weighted by Crippen LogP contribution is -2.44. The summed E-state index contributed by atoms with van der Waals surface area (Å²) in [5.41, 5.74) is 8.59. The van der Waals surface area contributed by atoms with Gasteiger partial charge in [0.25, 0.3) is 0 Å². The maximum atomic E-state index is 10.9. The van der Waals surface area contributed by atoms with Crippen LogP contribution in [0.25, 0.3) is 5.52 Å². The van der Waals surface area contributed by atoms with Crippen molar-refractivity contribution >= 4 is 11.3 Å². The van der Waals surface area contributed by atoms with Crippen molar-refractivity contribution in [1.29, 1.82) is 5.26 Å². The Morgan fingerprint density at radius 1 is 0.810 bits per heavy atom. The third kappa shape index (κ3) is 5.62. The zero-order valence-corrected chi connectivity index (χ0v) is 23.0. The van der Waals surface area contributed by atoms with E-state index in [1.54, 1.807) is 16.6 Å². The fourth-order valence-electron chi connectivity index (χ4n) is 5.32. The van der Waals surface area contributed by atoms with E-state index >= 15 is 0 Å². The molecule has 0 aliphatic carbocycles. The normalized spacial score (nSPS) is 21.8. The van der Waals surface area contributed by atoms with Crippen LogP contribution in [0.1, 0.15) is 22.4 Å². The van der Waals surface area contributed by atoms with Crippen LogP contribution >= 0.6 is 0 Å². The highest BCUT2D eigenvalue weighted by Gasteiger charge is 2.60. The molecule has 1 fully saturated rings. The van der Waals surface area contributed by atoms with Gasteiger partial charge in [-0.2, -0.15) is 10.4 Å². The Morgan fingerprint density at radius 2 is 1.40 bits per heavy atom. The number of hydrogen-bond acceptors (Lipinski definition) is 8. The fourth-order valence-corrected chi connectivity index (χ4v) is 5.32. The highest BCUT2D eigenvalue weighted by molar-refractivity contribution is 5.66. The SMILES string of the molecule is N#C[C@]1(c2ccc3c(N)ncnn23)O[C@H](COCc2ccccc2)[C@@H](OCc2ccccc2)[C@H]1OCc1ccccc1. The molecule has 0 radical (unpaired) electrons. The van der Waals surface area contributed by atoms with E-state index in [4.69, 9.17) is 24.7 Å². The average Bonchev–Trinajstić information content (AvgIpc) is 3.61. The average molecular weight is 562 g/mol. The van der Waals surface area contributed by atoms with Gasteiger partial charge in [-0.05, 0) is 28.8 Å². The quantitative estimate of drug-likeness (QED) is 0.244. The molecule has 2 N–H and O–H groups in total. The minimum atomic E-state index is -1.58. The molecule has 0 bridgehead atoms. The summed E-state index contributed by atoms with van der Waals surface area (Å²) in [6.45, 7) is 1.13. The minimum Gasteiger partial charge on any atom is -0.382 e. The molecule has 3 heterocycles. The van der Waals surface area contributed by atoms with Crippen LogP contribution in [-0.4, -0.2) is 39.5 Å². The van der Waals surface area contributed by atoms with Crippen LogP contribution in [0.5, 0.6) is 0 Å². The zero-order valence-electron chi connectivity index (χ0n) is 23.0. The summed E-state index contributed by atoms with van der Waals surface area (Å²) < 4.78 is 27.5. The van der Waals surface area contributed by atoms with Gasteiger partial charge < -0.3 is 24.7 Å². The first-order chi connectivity index (χ1) is 20.7. The molecule has 1 aliphatic rings. The van der Waals surface area contributed by atoms with E-state index in [1.807, 2.05) is 91.0 Å². The summed E-state index contributed by atoms with van der Waals surface area (Å²) in [6.07, 6.45) is -0.738. The fraction of sp³-hybridized carbons (Fsp3) is 0.242. The van der Waals surface area contributed by atoms with Gasteiger partial charge in [-0.25, -0.2) is 9.50 Å². The smallest absolute Gasteiger partial charge is 0.225 e. The Hall–Kier alpha value is -4.59. The van der Waals surface area contributed by atoms with Crippen molar-refractivity contribution in [3.8, 4) is 6.07 Å². The molecule has 42 heavy (non-hydrogen) atoms. The molecule has 9 heteroatoms. The lowest BCUT2D eigenvalue weighted by molar-refractivity contribution is -0.0971. The van der Waals surface area contributed by atoms with Crippen molar-refractivity contribution < 1.29 is 18.9 Å². The maximum Gasteiger partial charge on any atom is 0.225 e. The third-order valence-electron chi connectivity index (χ3n) is 7.38. The van der Waals surface area contributed by atoms with Crippen molar-refractivity contribution in [2.45, 2.75) is 43.7 Å². The number of ether oxygens (including phenoxy) is 4. The Balaban J connectivity index is 1.37.